The fourth-order valence-corrected chi connectivity index (χ4v) is 6.11. The molecule has 3 aromatic rings. The standard InChI is InChI=1S/C22H24ClN5OS/c23-19-16(26-15-29)4-3-5-17(19)30-18-14-25-21(28-13-10-24-20(18)28)27-11-8-22(9-12-27)6-1-2-7-22/h3-5,10,13-15H,1-2,6-9,11-12H2,(H,26,29). The van der Waals surface area contributed by atoms with Gasteiger partial charge in [0, 0.05) is 36.6 Å². The van der Waals surface area contributed by atoms with Crippen LogP contribution < -0.4 is 10.2 Å². The number of carbonyl (C=O) groups excluding carboxylic acids is 1. The van der Waals surface area contributed by atoms with E-state index in [2.05, 4.69) is 19.6 Å². The minimum atomic E-state index is 0.515. The van der Waals surface area contributed by atoms with Crippen molar-refractivity contribution in [1.29, 1.82) is 0 Å². The Morgan fingerprint density at radius 3 is 2.67 bits per heavy atom. The molecule has 1 spiro atoms. The monoisotopic (exact) mass is 441 g/mol. The zero-order valence-corrected chi connectivity index (χ0v) is 18.3. The van der Waals surface area contributed by atoms with Gasteiger partial charge in [0.05, 0.1) is 15.6 Å². The van der Waals surface area contributed by atoms with Gasteiger partial charge in [0.25, 0.3) is 0 Å². The summed E-state index contributed by atoms with van der Waals surface area (Å²) in [6.07, 6.45) is 14.4. The summed E-state index contributed by atoms with van der Waals surface area (Å²) in [5.41, 5.74) is 2.04. The lowest BCUT2D eigenvalue weighted by Crippen LogP contribution is -2.40. The summed E-state index contributed by atoms with van der Waals surface area (Å²) in [5.74, 6) is 0.960. The molecule has 2 aliphatic rings. The van der Waals surface area contributed by atoms with E-state index in [1.807, 2.05) is 30.7 Å². The Labute approximate surface area is 185 Å². The average Bonchev–Trinajstić information content (AvgIpc) is 3.43. The molecule has 2 aromatic heterocycles. The molecule has 156 valence electrons. The van der Waals surface area contributed by atoms with E-state index in [0.717, 1.165) is 34.5 Å². The molecule has 1 amide bonds. The fourth-order valence-electron chi connectivity index (χ4n) is 4.88. The van der Waals surface area contributed by atoms with Crippen molar-refractivity contribution in [2.75, 3.05) is 23.3 Å². The molecule has 1 aromatic carbocycles. The molecule has 30 heavy (non-hydrogen) atoms. The van der Waals surface area contributed by atoms with Crippen LogP contribution in [0.5, 0.6) is 0 Å². The maximum Gasteiger partial charge on any atom is 0.211 e. The number of benzene rings is 1. The number of hydrogen-bond donors (Lipinski definition) is 1. The molecule has 1 aliphatic carbocycles. The first-order valence-electron chi connectivity index (χ1n) is 10.4. The van der Waals surface area contributed by atoms with Crippen molar-refractivity contribution in [2.24, 2.45) is 5.41 Å². The Kier molecular flexibility index (Phi) is 5.33. The van der Waals surface area contributed by atoms with E-state index < -0.39 is 0 Å². The highest BCUT2D eigenvalue weighted by molar-refractivity contribution is 7.99. The SMILES string of the molecule is O=CNc1cccc(Sc2cnc(N3CCC4(CCCC4)CC3)n3ccnc23)c1Cl. The third-order valence-electron chi connectivity index (χ3n) is 6.54. The smallest absolute Gasteiger partial charge is 0.211 e. The molecule has 0 bridgehead atoms. The highest BCUT2D eigenvalue weighted by atomic mass is 35.5. The van der Waals surface area contributed by atoms with Crippen molar-refractivity contribution in [3.05, 3.63) is 41.8 Å². The summed E-state index contributed by atoms with van der Waals surface area (Å²) < 4.78 is 2.08. The molecule has 6 nitrogen and oxygen atoms in total. The van der Waals surface area contributed by atoms with Crippen LogP contribution in [0.15, 0.2) is 46.6 Å². The van der Waals surface area contributed by atoms with Crippen LogP contribution in [0, 0.1) is 5.41 Å². The Bertz CT molecular complexity index is 1070. The first kappa shape index (κ1) is 19.7. The summed E-state index contributed by atoms with van der Waals surface area (Å²) in [4.78, 5) is 24.4. The van der Waals surface area contributed by atoms with Gasteiger partial charge in [-0.05, 0) is 43.2 Å². The second kappa shape index (κ2) is 8.12. The maximum atomic E-state index is 10.8. The van der Waals surface area contributed by atoms with Crippen LogP contribution >= 0.6 is 23.4 Å². The molecule has 5 rings (SSSR count). The molecule has 1 saturated carbocycles. The second-order valence-electron chi connectivity index (χ2n) is 8.22. The first-order chi connectivity index (χ1) is 14.7. The van der Waals surface area contributed by atoms with Gasteiger partial charge in [-0.25, -0.2) is 9.97 Å². The van der Waals surface area contributed by atoms with Crippen molar-refractivity contribution in [2.45, 2.75) is 48.3 Å². The number of rotatable bonds is 5. The zero-order valence-electron chi connectivity index (χ0n) is 16.7. The number of aromatic nitrogens is 3. The van der Waals surface area contributed by atoms with Gasteiger partial charge in [-0.3, -0.25) is 9.20 Å². The summed E-state index contributed by atoms with van der Waals surface area (Å²) in [6.45, 7) is 2.11. The maximum absolute atomic E-state index is 10.8. The van der Waals surface area contributed by atoms with E-state index in [4.69, 9.17) is 16.6 Å². The molecule has 2 fully saturated rings. The van der Waals surface area contributed by atoms with Crippen LogP contribution in [0.2, 0.25) is 5.02 Å². The number of anilines is 2. The third-order valence-corrected chi connectivity index (χ3v) is 8.13. The quantitative estimate of drug-likeness (QED) is 0.547. The predicted molar refractivity (Wildman–Crippen MR) is 121 cm³/mol. The van der Waals surface area contributed by atoms with Gasteiger partial charge < -0.3 is 10.2 Å². The molecule has 1 N–H and O–H groups in total. The van der Waals surface area contributed by atoms with Crippen molar-refractivity contribution in [3.63, 3.8) is 0 Å². The van der Waals surface area contributed by atoms with Crippen LogP contribution in [0.3, 0.4) is 0 Å². The van der Waals surface area contributed by atoms with Crippen LogP contribution in [0.1, 0.15) is 38.5 Å². The van der Waals surface area contributed by atoms with Crippen molar-refractivity contribution in [1.82, 2.24) is 14.4 Å². The molecule has 8 heteroatoms. The van der Waals surface area contributed by atoms with Crippen molar-refractivity contribution >= 4 is 47.1 Å². The van der Waals surface area contributed by atoms with E-state index in [1.165, 1.54) is 50.3 Å². The predicted octanol–water partition coefficient (Wildman–Crippen LogP) is 5.26. The molecule has 0 radical (unpaired) electrons. The number of carbonyl (C=O) groups is 1. The Morgan fingerprint density at radius 2 is 1.90 bits per heavy atom. The van der Waals surface area contributed by atoms with Crippen molar-refractivity contribution in [3.8, 4) is 0 Å². The van der Waals surface area contributed by atoms with Crippen molar-refractivity contribution < 1.29 is 4.79 Å². The molecule has 1 aliphatic heterocycles. The average molecular weight is 442 g/mol. The lowest BCUT2D eigenvalue weighted by molar-refractivity contribution is -0.105. The van der Waals surface area contributed by atoms with Crippen LogP contribution in [-0.2, 0) is 4.79 Å². The Balaban J connectivity index is 1.41. The Morgan fingerprint density at radius 1 is 1.10 bits per heavy atom. The van der Waals surface area contributed by atoms with Crippen LogP contribution in [0.4, 0.5) is 11.6 Å². The topological polar surface area (TPSA) is 62.5 Å². The number of nitrogens with one attached hydrogen (secondary N) is 1. The highest BCUT2D eigenvalue weighted by Crippen LogP contribution is 2.46. The van der Waals surface area contributed by atoms with E-state index in [9.17, 15) is 4.79 Å². The molecule has 0 unspecified atom stereocenters. The molecular formula is C22H24ClN5OS. The number of fused-ring (bicyclic) bond motifs is 1. The van der Waals surface area contributed by atoms with E-state index in [1.54, 1.807) is 6.07 Å². The molecule has 0 atom stereocenters. The number of amides is 1. The minimum Gasteiger partial charge on any atom is -0.342 e. The van der Waals surface area contributed by atoms with E-state index in [0.29, 0.717) is 22.5 Å². The summed E-state index contributed by atoms with van der Waals surface area (Å²) in [6, 6.07) is 5.58. The first-order valence-corrected chi connectivity index (χ1v) is 11.6. The number of halogens is 1. The van der Waals surface area contributed by atoms with Crippen LogP contribution in [-0.4, -0.2) is 33.9 Å². The number of piperidine rings is 1. The fraction of sp³-hybridized carbons (Fsp3) is 0.409. The number of nitrogens with zero attached hydrogens (tertiary/aromatic N) is 4. The van der Waals surface area contributed by atoms with Gasteiger partial charge >= 0.3 is 0 Å². The minimum absolute atomic E-state index is 0.515. The molecule has 1 saturated heterocycles. The zero-order chi connectivity index (χ0) is 20.6. The molecule has 3 heterocycles. The lowest BCUT2D eigenvalue weighted by atomic mass is 9.77. The summed E-state index contributed by atoms with van der Waals surface area (Å²) in [7, 11) is 0. The van der Waals surface area contributed by atoms with E-state index in [-0.39, 0.29) is 0 Å². The van der Waals surface area contributed by atoms with Gasteiger partial charge in [0.1, 0.15) is 0 Å². The number of imidazole rings is 1. The normalized spacial score (nSPS) is 18.2. The lowest BCUT2D eigenvalue weighted by Gasteiger charge is -2.39. The van der Waals surface area contributed by atoms with Gasteiger partial charge in [0.2, 0.25) is 12.4 Å². The number of hydrogen-bond acceptors (Lipinski definition) is 5. The summed E-state index contributed by atoms with van der Waals surface area (Å²) >= 11 is 7.98. The van der Waals surface area contributed by atoms with Crippen LogP contribution in [0.25, 0.3) is 5.65 Å². The van der Waals surface area contributed by atoms with Gasteiger partial charge in [-0.1, -0.05) is 42.3 Å². The van der Waals surface area contributed by atoms with Gasteiger partial charge in [-0.2, -0.15) is 0 Å². The van der Waals surface area contributed by atoms with Gasteiger partial charge in [0.15, 0.2) is 5.65 Å². The van der Waals surface area contributed by atoms with Gasteiger partial charge in [-0.15, -0.1) is 0 Å². The molecular weight excluding hydrogens is 418 g/mol. The second-order valence-corrected chi connectivity index (χ2v) is 9.68. The Hall–Kier alpha value is -2.25. The van der Waals surface area contributed by atoms with E-state index >= 15 is 0 Å². The largest absolute Gasteiger partial charge is 0.342 e. The highest BCUT2D eigenvalue weighted by Gasteiger charge is 2.37. The summed E-state index contributed by atoms with van der Waals surface area (Å²) in [5, 5.41) is 3.15. The third kappa shape index (κ3) is 3.54.